The highest BCUT2D eigenvalue weighted by molar-refractivity contribution is 5.91. The molecule has 0 unspecified atom stereocenters. The normalized spacial score (nSPS) is 14.6. The summed E-state index contributed by atoms with van der Waals surface area (Å²) in [7, 11) is 0. The first-order chi connectivity index (χ1) is 17.4. The Morgan fingerprint density at radius 1 is 0.972 bits per heavy atom. The largest absolute Gasteiger partial charge is 0.481 e. The third kappa shape index (κ3) is 4.47. The molecule has 1 heterocycles. The molecule has 36 heavy (non-hydrogen) atoms. The van der Waals surface area contributed by atoms with E-state index in [4.69, 9.17) is 9.26 Å². The Morgan fingerprint density at radius 2 is 1.67 bits per heavy atom. The van der Waals surface area contributed by atoms with Gasteiger partial charge in [0.15, 0.2) is 5.76 Å². The van der Waals surface area contributed by atoms with E-state index in [9.17, 15) is 14.7 Å². The second-order valence-electron chi connectivity index (χ2n) is 9.10. The highest BCUT2D eigenvalue weighted by Gasteiger charge is 2.51. The summed E-state index contributed by atoms with van der Waals surface area (Å²) in [5.41, 5.74) is 4.59. The fourth-order valence-electron chi connectivity index (χ4n) is 4.36. The van der Waals surface area contributed by atoms with Crippen LogP contribution >= 0.6 is 0 Å². The number of ether oxygens (including phenoxy) is 1. The van der Waals surface area contributed by atoms with E-state index in [0.717, 1.165) is 27.8 Å². The Kier molecular flexibility index (Phi) is 6.06. The molecule has 1 fully saturated rings. The predicted octanol–water partition coefficient (Wildman–Crippen LogP) is 6.74. The molecule has 0 bridgehead atoms. The molecule has 7 nitrogen and oxygen atoms in total. The van der Waals surface area contributed by atoms with Gasteiger partial charge in [0.2, 0.25) is 0 Å². The van der Waals surface area contributed by atoms with Crippen molar-refractivity contribution >= 4 is 17.7 Å². The minimum atomic E-state index is -0.771. The molecule has 0 aliphatic heterocycles. The van der Waals surface area contributed by atoms with Gasteiger partial charge in [0.1, 0.15) is 17.5 Å². The van der Waals surface area contributed by atoms with Gasteiger partial charge in [0.05, 0.1) is 5.41 Å². The van der Waals surface area contributed by atoms with E-state index >= 15 is 0 Å². The van der Waals surface area contributed by atoms with Gasteiger partial charge in [-0.15, -0.1) is 0 Å². The van der Waals surface area contributed by atoms with E-state index in [1.54, 1.807) is 6.92 Å². The Bertz CT molecular complexity index is 1410. The van der Waals surface area contributed by atoms with Crippen LogP contribution < -0.4 is 5.32 Å². The molecule has 5 rings (SSSR count). The summed E-state index contributed by atoms with van der Waals surface area (Å²) >= 11 is 0. The number of carbonyl (C=O) groups excluding carboxylic acids is 1. The second-order valence-corrected chi connectivity index (χ2v) is 9.10. The Morgan fingerprint density at radius 3 is 2.33 bits per heavy atom. The molecule has 4 aromatic rings. The molecule has 1 aromatic heterocycles. The Hall–Kier alpha value is -4.39. The number of anilines is 1. The maximum absolute atomic E-state index is 12.6. The Labute approximate surface area is 208 Å². The van der Waals surface area contributed by atoms with E-state index in [1.807, 2.05) is 85.8 Å². The van der Waals surface area contributed by atoms with Crippen molar-refractivity contribution in [1.29, 1.82) is 0 Å². The first kappa shape index (κ1) is 23.4. The summed E-state index contributed by atoms with van der Waals surface area (Å²) in [6, 6.07) is 24.8. The van der Waals surface area contributed by atoms with Gasteiger partial charge in [-0.2, -0.15) is 0 Å². The van der Waals surface area contributed by atoms with Crippen molar-refractivity contribution in [2.45, 2.75) is 38.2 Å². The zero-order chi connectivity index (χ0) is 25.3. The Balaban J connectivity index is 1.33. The van der Waals surface area contributed by atoms with E-state index in [-0.39, 0.29) is 0 Å². The third-order valence-corrected chi connectivity index (χ3v) is 6.70. The van der Waals surface area contributed by atoms with Gasteiger partial charge in [-0.05, 0) is 48.9 Å². The van der Waals surface area contributed by atoms with Crippen molar-refractivity contribution in [3.05, 3.63) is 95.7 Å². The lowest BCUT2D eigenvalue weighted by Gasteiger charge is -2.14. The predicted molar refractivity (Wildman–Crippen MR) is 136 cm³/mol. The van der Waals surface area contributed by atoms with E-state index in [1.165, 1.54) is 0 Å². The van der Waals surface area contributed by atoms with Crippen LogP contribution in [0.3, 0.4) is 0 Å². The number of hydrogen-bond acceptors (Lipinski definition) is 5. The first-order valence-electron chi connectivity index (χ1n) is 11.8. The monoisotopic (exact) mass is 482 g/mol. The summed E-state index contributed by atoms with van der Waals surface area (Å²) in [4.78, 5) is 24.3. The number of carboxylic acid groups (broad SMARTS) is 1. The molecule has 0 saturated heterocycles. The maximum atomic E-state index is 12.6. The lowest BCUT2D eigenvalue weighted by molar-refractivity contribution is -0.140. The number of aliphatic carboxylic acids is 1. The fraction of sp³-hybridized carbons (Fsp3) is 0.207. The van der Waals surface area contributed by atoms with Gasteiger partial charge in [-0.3, -0.25) is 10.1 Å². The number of nitrogens with zero attached hydrogens (tertiary/aromatic N) is 1. The van der Waals surface area contributed by atoms with Crippen molar-refractivity contribution in [3.63, 3.8) is 0 Å². The number of aromatic nitrogens is 1. The SMILES string of the molecule is Cc1noc(-c2ccc(-c3cccc(C4(C(=O)O)CC4)c3)cc2)c1NC(=O)O[C@H](C)c1ccccc1. The van der Waals surface area contributed by atoms with Crippen LogP contribution in [-0.2, 0) is 14.9 Å². The van der Waals surface area contributed by atoms with Gasteiger partial charge in [0.25, 0.3) is 0 Å². The summed E-state index contributed by atoms with van der Waals surface area (Å²) in [6.45, 7) is 3.56. The topological polar surface area (TPSA) is 102 Å². The van der Waals surface area contributed by atoms with E-state index in [0.29, 0.717) is 30.0 Å². The quantitative estimate of drug-likeness (QED) is 0.302. The van der Waals surface area contributed by atoms with Crippen molar-refractivity contribution in [2.24, 2.45) is 0 Å². The van der Waals surface area contributed by atoms with E-state index in [2.05, 4.69) is 10.5 Å². The molecule has 0 radical (unpaired) electrons. The fourth-order valence-corrected chi connectivity index (χ4v) is 4.36. The van der Waals surface area contributed by atoms with Gasteiger partial charge < -0.3 is 14.4 Å². The van der Waals surface area contributed by atoms with E-state index < -0.39 is 23.6 Å². The van der Waals surface area contributed by atoms with Crippen molar-refractivity contribution < 1.29 is 24.0 Å². The van der Waals surface area contributed by atoms with Crippen LogP contribution in [0, 0.1) is 6.92 Å². The summed E-state index contributed by atoms with van der Waals surface area (Å²) in [6.07, 6.45) is 0.316. The highest BCUT2D eigenvalue weighted by Crippen LogP contribution is 2.49. The molecule has 2 N–H and O–H groups in total. The smallest absolute Gasteiger partial charge is 0.412 e. The molecular weight excluding hydrogens is 456 g/mol. The van der Waals surface area contributed by atoms with Crippen LogP contribution in [0.25, 0.3) is 22.5 Å². The number of hydrogen-bond donors (Lipinski definition) is 2. The number of nitrogens with one attached hydrogen (secondary N) is 1. The summed E-state index contributed by atoms with van der Waals surface area (Å²) in [5.74, 6) is -0.340. The molecule has 1 atom stereocenters. The van der Waals surface area contributed by atoms with Gasteiger partial charge in [-0.25, -0.2) is 4.79 Å². The number of carboxylic acids is 1. The van der Waals surface area contributed by atoms with Crippen LogP contribution in [0.4, 0.5) is 10.5 Å². The summed E-state index contributed by atoms with van der Waals surface area (Å²) < 4.78 is 11.1. The number of amides is 1. The maximum Gasteiger partial charge on any atom is 0.412 e. The number of benzene rings is 3. The molecular formula is C29H26N2O5. The average Bonchev–Trinajstić information content (AvgIpc) is 3.64. The van der Waals surface area contributed by atoms with Crippen LogP contribution in [-0.4, -0.2) is 22.3 Å². The average molecular weight is 483 g/mol. The molecule has 1 amide bonds. The lowest BCUT2D eigenvalue weighted by Crippen LogP contribution is -2.19. The van der Waals surface area contributed by atoms with Crippen molar-refractivity contribution in [3.8, 4) is 22.5 Å². The molecule has 1 saturated carbocycles. The number of aryl methyl sites for hydroxylation is 1. The number of rotatable bonds is 7. The molecule has 0 spiro atoms. The van der Waals surface area contributed by atoms with Gasteiger partial charge in [0, 0.05) is 5.56 Å². The highest BCUT2D eigenvalue weighted by atomic mass is 16.6. The molecule has 7 heteroatoms. The minimum Gasteiger partial charge on any atom is -0.481 e. The molecule has 1 aliphatic rings. The minimum absolute atomic E-state index is 0.416. The van der Waals surface area contributed by atoms with Crippen LogP contribution in [0.1, 0.15) is 42.7 Å². The van der Waals surface area contributed by atoms with Crippen LogP contribution in [0.5, 0.6) is 0 Å². The van der Waals surface area contributed by atoms with Gasteiger partial charge in [-0.1, -0.05) is 84.0 Å². The summed E-state index contributed by atoms with van der Waals surface area (Å²) in [5, 5.41) is 16.4. The zero-order valence-electron chi connectivity index (χ0n) is 20.0. The second kappa shape index (κ2) is 9.34. The van der Waals surface area contributed by atoms with Gasteiger partial charge >= 0.3 is 12.1 Å². The zero-order valence-corrected chi connectivity index (χ0v) is 20.0. The molecule has 3 aromatic carbocycles. The first-order valence-corrected chi connectivity index (χ1v) is 11.8. The lowest BCUT2D eigenvalue weighted by atomic mass is 9.92. The number of carbonyl (C=O) groups is 2. The third-order valence-electron chi connectivity index (χ3n) is 6.70. The van der Waals surface area contributed by atoms with Crippen molar-refractivity contribution in [1.82, 2.24) is 5.16 Å². The van der Waals surface area contributed by atoms with Crippen LogP contribution in [0.2, 0.25) is 0 Å². The van der Waals surface area contributed by atoms with Crippen LogP contribution in [0.15, 0.2) is 83.4 Å². The standard InChI is InChI=1S/C29H26N2O5/c1-18-25(30-28(34)35-19(2)20-7-4-3-5-8-20)26(36-31-18)22-13-11-21(12-14-22)23-9-6-10-24(17-23)29(15-16-29)27(32)33/h3-14,17,19H,15-16H2,1-2H3,(H,30,34)(H,32,33)/t19-/m1/s1. The molecule has 182 valence electrons. The van der Waals surface area contributed by atoms with Crippen molar-refractivity contribution in [2.75, 3.05) is 5.32 Å². The molecule has 1 aliphatic carbocycles.